The van der Waals surface area contributed by atoms with E-state index >= 15 is 0 Å². The summed E-state index contributed by atoms with van der Waals surface area (Å²) in [6, 6.07) is 8.86. The van der Waals surface area contributed by atoms with Gasteiger partial charge >= 0.3 is 0 Å². The Bertz CT molecular complexity index is 382. The maximum absolute atomic E-state index is 3.42. The normalized spacial score (nSPS) is 22.4. The second kappa shape index (κ2) is 3.77. The first-order valence-corrected chi connectivity index (χ1v) is 6.37. The molecule has 0 aliphatic carbocycles. The highest BCUT2D eigenvalue weighted by Crippen LogP contribution is 2.37. The smallest absolute Gasteiger partial charge is 0.0398 e. The molecule has 0 aromatic heterocycles. The third kappa shape index (κ3) is 1.52. The fourth-order valence-corrected chi connectivity index (χ4v) is 3.03. The van der Waals surface area contributed by atoms with Crippen molar-refractivity contribution in [2.45, 2.75) is 19.8 Å². The van der Waals surface area contributed by atoms with Crippen LogP contribution < -0.4 is 10.2 Å². The Morgan fingerprint density at radius 2 is 2.12 bits per heavy atom. The molecule has 2 fully saturated rings. The van der Waals surface area contributed by atoms with Crippen LogP contribution in [-0.4, -0.2) is 26.2 Å². The molecule has 2 nitrogen and oxygen atoms in total. The number of anilines is 1. The van der Waals surface area contributed by atoms with Gasteiger partial charge in [-0.25, -0.2) is 0 Å². The Hall–Kier alpha value is -1.02. The van der Waals surface area contributed by atoms with Crippen molar-refractivity contribution < 1.29 is 0 Å². The molecule has 0 saturated carbocycles. The SMILES string of the molecule is CCc1ccccc1N1CCC2(CNC2)C1. The molecule has 1 spiro atoms. The predicted octanol–water partition coefficient (Wildman–Crippen LogP) is 2.05. The lowest BCUT2D eigenvalue weighted by Crippen LogP contribution is -2.54. The molecule has 0 amide bonds. The predicted molar refractivity (Wildman–Crippen MR) is 68.0 cm³/mol. The van der Waals surface area contributed by atoms with E-state index in [0.717, 1.165) is 6.42 Å². The van der Waals surface area contributed by atoms with E-state index in [4.69, 9.17) is 0 Å². The van der Waals surface area contributed by atoms with Crippen LogP contribution in [0.5, 0.6) is 0 Å². The zero-order valence-electron chi connectivity index (χ0n) is 10.00. The Morgan fingerprint density at radius 1 is 1.31 bits per heavy atom. The Labute approximate surface area is 97.6 Å². The number of benzene rings is 1. The van der Waals surface area contributed by atoms with Crippen molar-refractivity contribution in [2.75, 3.05) is 31.1 Å². The van der Waals surface area contributed by atoms with Gasteiger partial charge in [0.2, 0.25) is 0 Å². The standard InChI is InChI=1S/C14H20N2/c1-2-12-5-3-4-6-13(12)16-8-7-14(11-16)9-15-10-14/h3-6,15H,2,7-11H2,1H3. The van der Waals surface area contributed by atoms with Gasteiger partial charge in [0, 0.05) is 37.3 Å². The van der Waals surface area contributed by atoms with Crippen LogP contribution in [0.15, 0.2) is 24.3 Å². The molecule has 2 heterocycles. The van der Waals surface area contributed by atoms with Gasteiger partial charge in [0.1, 0.15) is 0 Å². The number of hydrogen-bond acceptors (Lipinski definition) is 2. The molecule has 1 N–H and O–H groups in total. The minimum Gasteiger partial charge on any atom is -0.371 e. The minimum atomic E-state index is 0.598. The van der Waals surface area contributed by atoms with E-state index < -0.39 is 0 Å². The van der Waals surface area contributed by atoms with Gasteiger partial charge in [0.25, 0.3) is 0 Å². The third-order valence-corrected chi connectivity index (χ3v) is 4.15. The Kier molecular flexibility index (Phi) is 2.40. The van der Waals surface area contributed by atoms with E-state index in [-0.39, 0.29) is 0 Å². The molecule has 0 unspecified atom stereocenters. The summed E-state index contributed by atoms with van der Waals surface area (Å²) in [6.45, 7) is 7.17. The Morgan fingerprint density at radius 3 is 2.75 bits per heavy atom. The van der Waals surface area contributed by atoms with Crippen LogP contribution in [0.1, 0.15) is 18.9 Å². The molecule has 0 radical (unpaired) electrons. The van der Waals surface area contributed by atoms with Gasteiger partial charge in [0.05, 0.1) is 0 Å². The van der Waals surface area contributed by atoms with E-state index in [1.54, 1.807) is 0 Å². The van der Waals surface area contributed by atoms with E-state index in [0.29, 0.717) is 5.41 Å². The van der Waals surface area contributed by atoms with E-state index in [1.165, 1.54) is 43.9 Å². The molecule has 16 heavy (non-hydrogen) atoms. The maximum atomic E-state index is 3.42. The van der Waals surface area contributed by atoms with Gasteiger partial charge < -0.3 is 10.2 Å². The van der Waals surface area contributed by atoms with E-state index in [1.807, 2.05) is 0 Å². The third-order valence-electron chi connectivity index (χ3n) is 4.15. The summed E-state index contributed by atoms with van der Waals surface area (Å²) in [5.41, 5.74) is 3.56. The average molecular weight is 216 g/mol. The van der Waals surface area contributed by atoms with Crippen molar-refractivity contribution in [1.29, 1.82) is 0 Å². The van der Waals surface area contributed by atoms with Crippen LogP contribution in [0.3, 0.4) is 0 Å². The molecule has 1 aromatic carbocycles. The van der Waals surface area contributed by atoms with Crippen molar-refractivity contribution in [3.05, 3.63) is 29.8 Å². The maximum Gasteiger partial charge on any atom is 0.0398 e. The molecular weight excluding hydrogens is 196 g/mol. The van der Waals surface area contributed by atoms with Gasteiger partial charge in [0.15, 0.2) is 0 Å². The van der Waals surface area contributed by atoms with Crippen LogP contribution in [-0.2, 0) is 6.42 Å². The molecule has 1 aromatic rings. The summed E-state index contributed by atoms with van der Waals surface area (Å²) in [6.07, 6.45) is 2.50. The van der Waals surface area contributed by atoms with Crippen molar-refractivity contribution in [1.82, 2.24) is 5.32 Å². The average Bonchev–Trinajstić information content (AvgIpc) is 2.74. The summed E-state index contributed by atoms with van der Waals surface area (Å²) in [5.74, 6) is 0. The molecule has 2 aliphatic rings. The number of aryl methyl sites for hydroxylation is 1. The van der Waals surface area contributed by atoms with Crippen LogP contribution in [0.4, 0.5) is 5.69 Å². The molecule has 3 rings (SSSR count). The van der Waals surface area contributed by atoms with Gasteiger partial charge in [-0.15, -0.1) is 0 Å². The molecule has 86 valence electrons. The van der Waals surface area contributed by atoms with Crippen molar-refractivity contribution >= 4 is 5.69 Å². The first kappa shape index (κ1) is 10.2. The highest BCUT2D eigenvalue weighted by molar-refractivity contribution is 5.55. The number of nitrogens with one attached hydrogen (secondary N) is 1. The second-order valence-electron chi connectivity index (χ2n) is 5.26. The quantitative estimate of drug-likeness (QED) is 0.814. The van der Waals surface area contributed by atoms with Crippen LogP contribution in [0, 0.1) is 5.41 Å². The van der Waals surface area contributed by atoms with Crippen LogP contribution >= 0.6 is 0 Å². The second-order valence-corrected chi connectivity index (χ2v) is 5.26. The van der Waals surface area contributed by atoms with Crippen molar-refractivity contribution in [2.24, 2.45) is 5.41 Å². The van der Waals surface area contributed by atoms with Gasteiger partial charge in [-0.1, -0.05) is 25.1 Å². The summed E-state index contributed by atoms with van der Waals surface area (Å²) >= 11 is 0. The lowest BCUT2D eigenvalue weighted by atomic mass is 9.81. The first-order chi connectivity index (χ1) is 7.83. The lowest BCUT2D eigenvalue weighted by Gasteiger charge is -2.39. The van der Waals surface area contributed by atoms with Crippen molar-refractivity contribution in [3.63, 3.8) is 0 Å². The molecule has 2 saturated heterocycles. The largest absolute Gasteiger partial charge is 0.371 e. The summed E-state index contributed by atoms with van der Waals surface area (Å²) < 4.78 is 0. The number of nitrogens with zero attached hydrogens (tertiary/aromatic N) is 1. The van der Waals surface area contributed by atoms with Gasteiger partial charge in [-0.05, 0) is 24.5 Å². The lowest BCUT2D eigenvalue weighted by molar-refractivity contribution is 0.200. The summed E-state index contributed by atoms with van der Waals surface area (Å²) in [5, 5.41) is 3.42. The highest BCUT2D eigenvalue weighted by Gasteiger charge is 2.43. The number of rotatable bonds is 2. The van der Waals surface area contributed by atoms with Crippen LogP contribution in [0.2, 0.25) is 0 Å². The monoisotopic (exact) mass is 216 g/mol. The summed E-state index contributed by atoms with van der Waals surface area (Å²) in [7, 11) is 0. The Balaban J connectivity index is 1.82. The molecule has 0 atom stereocenters. The van der Waals surface area contributed by atoms with Crippen LogP contribution in [0.25, 0.3) is 0 Å². The fraction of sp³-hybridized carbons (Fsp3) is 0.571. The highest BCUT2D eigenvalue weighted by atomic mass is 15.2. The number of hydrogen-bond donors (Lipinski definition) is 1. The van der Waals surface area contributed by atoms with Crippen molar-refractivity contribution in [3.8, 4) is 0 Å². The van der Waals surface area contributed by atoms with E-state index in [2.05, 4.69) is 41.4 Å². The zero-order chi connectivity index (χ0) is 11.0. The van der Waals surface area contributed by atoms with E-state index in [9.17, 15) is 0 Å². The van der Waals surface area contributed by atoms with Gasteiger partial charge in [-0.2, -0.15) is 0 Å². The topological polar surface area (TPSA) is 15.3 Å². The molecule has 2 aliphatic heterocycles. The molecule has 2 heteroatoms. The summed E-state index contributed by atoms with van der Waals surface area (Å²) in [4.78, 5) is 2.58. The zero-order valence-corrected chi connectivity index (χ0v) is 10.00. The number of para-hydroxylation sites is 1. The fourth-order valence-electron chi connectivity index (χ4n) is 3.03. The van der Waals surface area contributed by atoms with Gasteiger partial charge in [-0.3, -0.25) is 0 Å². The first-order valence-electron chi connectivity index (χ1n) is 6.37. The minimum absolute atomic E-state index is 0.598. The molecule has 0 bridgehead atoms. The molecular formula is C14H20N2.